The molecule has 4 nitrogen and oxygen atoms in total. The number of nitrogens with zero attached hydrogens (tertiary/aromatic N) is 3. The second-order valence-corrected chi connectivity index (χ2v) is 3.59. The highest BCUT2D eigenvalue weighted by Gasteiger charge is 2.07. The monoisotopic (exact) mass is 166 g/mol. The number of nitrogens with one attached hydrogen (secondary N) is 1. The quantitative estimate of drug-likeness (QED) is 0.410. The fourth-order valence-electron chi connectivity index (χ4n) is 1.26. The predicted molar refractivity (Wildman–Crippen MR) is 62.3 cm³/mol. The van der Waals surface area contributed by atoms with E-state index in [2.05, 4.69) is 48.5 Å². The topological polar surface area (TPSA) is 21.8 Å². The molecule has 0 aliphatic carbocycles. The van der Waals surface area contributed by atoms with Crippen LogP contribution in [0.3, 0.4) is 0 Å². The molecule has 0 saturated heterocycles. The van der Waals surface area contributed by atoms with Crippen molar-refractivity contribution in [3.8, 4) is 0 Å². The second kappa shape index (κ2) is 6.60. The summed E-state index contributed by atoms with van der Waals surface area (Å²) in [7, 11) is 13.2. The summed E-state index contributed by atoms with van der Waals surface area (Å²) in [6.45, 7) is 0. The highest BCUT2D eigenvalue weighted by Crippen LogP contribution is 1.80. The maximum absolute atomic E-state index is 3.11. The van der Waals surface area contributed by atoms with Crippen LogP contribution >= 0.6 is 0 Å². The molecule has 0 rings (SSSR count). The molecular weight excluding hydrogens is 147 g/mol. The molecule has 0 bridgehead atoms. The molecule has 0 aromatic rings. The molecule has 0 unspecified atom stereocenters. The van der Waals surface area contributed by atoms with Crippen LogP contribution in [-0.4, -0.2) is 73.0 Å². The Morgan fingerprint density at radius 2 is 1.75 bits per heavy atom. The van der Waals surface area contributed by atoms with Gasteiger partial charge in [0.25, 0.3) is 22.6 Å². The average Bonchev–Trinajstić information content (AvgIpc) is 1.84. The maximum atomic E-state index is 3.11. The van der Waals surface area contributed by atoms with Crippen molar-refractivity contribution in [1.82, 2.24) is 19.4 Å². The van der Waals surface area contributed by atoms with E-state index in [-0.39, 0.29) is 0 Å². The Labute approximate surface area is 78.9 Å². The third-order valence-electron chi connectivity index (χ3n) is 1.44. The van der Waals surface area contributed by atoms with E-state index in [1.807, 2.05) is 7.05 Å². The van der Waals surface area contributed by atoms with Crippen LogP contribution < -0.4 is 5.23 Å². The molecule has 0 aliphatic rings. The summed E-state index contributed by atoms with van der Waals surface area (Å²) >= 11 is 0. The molecule has 8 heteroatoms. The third-order valence-corrected chi connectivity index (χ3v) is 1.44. The van der Waals surface area contributed by atoms with Crippen molar-refractivity contribution in [2.45, 2.75) is 0 Å². The zero-order valence-electron chi connectivity index (χ0n) is 8.96. The van der Waals surface area contributed by atoms with Crippen LogP contribution in [0.15, 0.2) is 0 Å². The van der Waals surface area contributed by atoms with Gasteiger partial charge in [-0.1, -0.05) is 0 Å². The Balaban J connectivity index is 3.46. The standard InChI is InChI=1S/C4H18B4N4/c1-9-6-12(5)8-11(4)7-10(2)3/h6-9H,5H2,1-4H3. The first-order valence-corrected chi connectivity index (χ1v) is 4.22. The van der Waals surface area contributed by atoms with E-state index in [9.17, 15) is 0 Å². The molecule has 12 heavy (non-hydrogen) atoms. The van der Waals surface area contributed by atoms with Crippen molar-refractivity contribution in [1.29, 1.82) is 0 Å². The first-order chi connectivity index (χ1) is 5.56. The smallest absolute Gasteiger partial charge is 0.280 e. The molecule has 0 atom stereocenters. The minimum atomic E-state index is 0.928. The van der Waals surface area contributed by atoms with E-state index >= 15 is 0 Å². The number of hydrogen-bond donors (Lipinski definition) is 1. The van der Waals surface area contributed by atoms with E-state index in [4.69, 9.17) is 0 Å². The van der Waals surface area contributed by atoms with Crippen LogP contribution in [0.1, 0.15) is 0 Å². The van der Waals surface area contributed by atoms with Crippen LogP contribution in [0.4, 0.5) is 0 Å². The Hall–Kier alpha value is 0.0997. The van der Waals surface area contributed by atoms with Gasteiger partial charge in [0.15, 0.2) is 7.98 Å². The lowest BCUT2D eigenvalue weighted by molar-refractivity contribution is 0.601. The van der Waals surface area contributed by atoms with E-state index in [1.54, 1.807) is 0 Å². The normalized spacial score (nSPS) is 10.9. The molecule has 0 heterocycles. The molecule has 0 aromatic heterocycles. The minimum absolute atomic E-state index is 0.928. The molecule has 0 saturated carbocycles. The molecule has 0 aromatic carbocycles. The van der Waals surface area contributed by atoms with Crippen molar-refractivity contribution in [3.63, 3.8) is 0 Å². The van der Waals surface area contributed by atoms with Crippen LogP contribution in [0.2, 0.25) is 0 Å². The van der Waals surface area contributed by atoms with Gasteiger partial charge in [-0.2, -0.15) is 0 Å². The first kappa shape index (κ1) is 12.1. The molecule has 1 N–H and O–H groups in total. The van der Waals surface area contributed by atoms with Gasteiger partial charge in [0, 0.05) is 0 Å². The van der Waals surface area contributed by atoms with Gasteiger partial charge in [-0.05, 0) is 28.2 Å². The second-order valence-electron chi connectivity index (χ2n) is 3.59. The Kier molecular flexibility index (Phi) is 6.65. The van der Waals surface area contributed by atoms with Crippen molar-refractivity contribution in [2.24, 2.45) is 0 Å². The lowest BCUT2D eigenvalue weighted by Gasteiger charge is -2.24. The van der Waals surface area contributed by atoms with Crippen LogP contribution in [0.25, 0.3) is 0 Å². The first-order valence-electron chi connectivity index (χ1n) is 4.22. The summed E-state index contributed by atoms with van der Waals surface area (Å²) in [6.07, 6.45) is 0. The van der Waals surface area contributed by atoms with Crippen molar-refractivity contribution in [2.75, 3.05) is 28.2 Å². The summed E-state index contributed by atoms with van der Waals surface area (Å²) in [4.78, 5) is 2.16. The minimum Gasteiger partial charge on any atom is -0.411 e. The van der Waals surface area contributed by atoms with Gasteiger partial charge >= 0.3 is 0 Å². The lowest BCUT2D eigenvalue weighted by Crippen LogP contribution is -2.48. The van der Waals surface area contributed by atoms with Crippen molar-refractivity contribution >= 4 is 30.6 Å². The van der Waals surface area contributed by atoms with Crippen LogP contribution in [0, 0.1) is 0 Å². The Morgan fingerprint density at radius 3 is 2.17 bits per heavy atom. The molecular formula is C4H18B4N4. The van der Waals surface area contributed by atoms with Gasteiger partial charge in [-0.15, -0.1) is 0 Å². The van der Waals surface area contributed by atoms with Gasteiger partial charge in [0.05, 0.1) is 0 Å². The number of hydrogen-bond acceptors (Lipinski definition) is 4. The van der Waals surface area contributed by atoms with Gasteiger partial charge in [-0.3, -0.25) is 0 Å². The summed E-state index contributed by atoms with van der Waals surface area (Å²) < 4.78 is 4.49. The molecule has 0 aliphatic heterocycles. The fourth-order valence-corrected chi connectivity index (χ4v) is 1.26. The maximum Gasteiger partial charge on any atom is 0.280 e. The van der Waals surface area contributed by atoms with E-state index < -0.39 is 0 Å². The summed E-state index contributed by atoms with van der Waals surface area (Å²) in [5.74, 6) is 0. The van der Waals surface area contributed by atoms with E-state index in [0.29, 0.717) is 0 Å². The fraction of sp³-hybridized carbons (Fsp3) is 1.00. The van der Waals surface area contributed by atoms with Crippen LogP contribution in [-0.2, 0) is 0 Å². The molecule has 66 valence electrons. The van der Waals surface area contributed by atoms with Crippen molar-refractivity contribution in [3.05, 3.63) is 0 Å². The zero-order valence-corrected chi connectivity index (χ0v) is 8.96. The number of rotatable bonds is 6. The predicted octanol–water partition coefficient (Wildman–Crippen LogP) is -3.65. The molecule has 0 fully saturated rings. The SMILES string of the molecule is BN(BNC)BN(C)BN(C)C. The summed E-state index contributed by atoms with van der Waals surface area (Å²) in [5, 5.41) is 3.11. The summed E-state index contributed by atoms with van der Waals surface area (Å²) in [6, 6.07) is 0. The summed E-state index contributed by atoms with van der Waals surface area (Å²) in [5.41, 5.74) is 0. The van der Waals surface area contributed by atoms with E-state index in [1.165, 1.54) is 0 Å². The molecule has 0 amide bonds. The molecule has 0 spiro atoms. The van der Waals surface area contributed by atoms with Gasteiger partial charge < -0.3 is 19.4 Å². The van der Waals surface area contributed by atoms with Gasteiger partial charge in [0.1, 0.15) is 0 Å². The van der Waals surface area contributed by atoms with E-state index in [0.717, 1.165) is 22.6 Å². The van der Waals surface area contributed by atoms with Gasteiger partial charge in [-0.25, -0.2) is 0 Å². The van der Waals surface area contributed by atoms with Crippen molar-refractivity contribution < 1.29 is 0 Å². The lowest BCUT2D eigenvalue weighted by atomic mass is 9.82. The third kappa shape index (κ3) is 6.79. The van der Waals surface area contributed by atoms with Gasteiger partial charge in [0.2, 0.25) is 0 Å². The highest BCUT2D eigenvalue weighted by atomic mass is 15.1. The average molecular weight is 165 g/mol. The zero-order chi connectivity index (χ0) is 9.56. The Morgan fingerprint density at radius 1 is 1.17 bits per heavy atom. The van der Waals surface area contributed by atoms with Crippen LogP contribution in [0.5, 0.6) is 0 Å². The molecule has 0 radical (unpaired) electrons. The Bertz CT molecular complexity index is 113. The highest BCUT2D eigenvalue weighted by molar-refractivity contribution is 6.61. The largest absolute Gasteiger partial charge is 0.411 e.